The minimum absolute atomic E-state index is 0.0738. The third kappa shape index (κ3) is 7.83. The molecule has 1 aromatic heterocycles. The first kappa shape index (κ1) is 36.7. The second-order valence-corrected chi connectivity index (χ2v) is 15.0. The smallest absolute Gasteiger partial charge is 0.301 e. The van der Waals surface area contributed by atoms with Gasteiger partial charge in [0.05, 0.1) is 25.3 Å². The van der Waals surface area contributed by atoms with Crippen LogP contribution < -0.4 is 19.1 Å². The fourth-order valence-corrected chi connectivity index (χ4v) is 8.27. The number of unbranched alkanes of at least 4 members (excludes halogenated alkanes) is 1. The van der Waals surface area contributed by atoms with Crippen molar-refractivity contribution in [2.24, 2.45) is 0 Å². The SMILES string of the molecule is CCCCOc1ccc(C2/C(=C(\O)c3ccc(OCc4cccc(C)c4)cc3)C(=O)C(=O)N2c2nnc(SCc3cccc4ccccc34)s2)cc1OC. The van der Waals surface area contributed by atoms with Crippen LogP contribution in [0.5, 0.6) is 17.2 Å². The standard InChI is InChI=1S/C43H39N3O6S2/c1-4-5-22-51-35-21-18-31(24-36(35)50-3)38-37(39(47)30-16-19-33(20-17-30)52-25-28-11-8-10-27(2)23-28)40(48)41(49)46(38)42-44-45-43(54-42)53-26-32-14-9-13-29-12-6-7-15-34(29)32/h6-21,23-24,38,47H,4-5,22,25-26H2,1-3H3/b39-37+. The number of anilines is 1. The van der Waals surface area contributed by atoms with Crippen LogP contribution in [0.15, 0.2) is 119 Å². The molecule has 7 rings (SSSR count). The molecule has 0 spiro atoms. The minimum Gasteiger partial charge on any atom is -0.507 e. The summed E-state index contributed by atoms with van der Waals surface area (Å²) >= 11 is 2.72. The molecule has 1 fully saturated rings. The summed E-state index contributed by atoms with van der Waals surface area (Å²) in [5, 5.41) is 23.2. The average Bonchev–Trinajstić information content (AvgIpc) is 3.77. The number of amides is 1. The molecule has 0 aliphatic carbocycles. The van der Waals surface area contributed by atoms with E-state index in [-0.39, 0.29) is 16.5 Å². The zero-order valence-corrected chi connectivity index (χ0v) is 31.8. The van der Waals surface area contributed by atoms with Crippen molar-refractivity contribution in [3.63, 3.8) is 0 Å². The van der Waals surface area contributed by atoms with Crippen LogP contribution in [-0.4, -0.2) is 40.7 Å². The van der Waals surface area contributed by atoms with Crippen LogP contribution >= 0.6 is 23.1 Å². The number of aliphatic hydroxyl groups excluding tert-OH is 1. The van der Waals surface area contributed by atoms with E-state index >= 15 is 0 Å². The van der Waals surface area contributed by atoms with Crippen LogP contribution in [0, 0.1) is 6.92 Å². The lowest BCUT2D eigenvalue weighted by atomic mass is 9.95. The quantitative estimate of drug-likeness (QED) is 0.0290. The van der Waals surface area contributed by atoms with E-state index in [4.69, 9.17) is 14.2 Å². The Morgan fingerprint density at radius 1 is 0.889 bits per heavy atom. The van der Waals surface area contributed by atoms with Gasteiger partial charge in [0.1, 0.15) is 18.1 Å². The first-order valence-electron chi connectivity index (χ1n) is 17.7. The second-order valence-electron chi connectivity index (χ2n) is 12.9. The van der Waals surface area contributed by atoms with Crippen molar-refractivity contribution in [3.8, 4) is 17.2 Å². The number of rotatable bonds is 14. The number of aliphatic hydroxyl groups is 1. The zero-order valence-electron chi connectivity index (χ0n) is 30.2. The maximum absolute atomic E-state index is 14.0. The predicted octanol–water partition coefficient (Wildman–Crippen LogP) is 9.68. The third-order valence-corrected chi connectivity index (χ3v) is 11.3. The minimum atomic E-state index is -1.02. The summed E-state index contributed by atoms with van der Waals surface area (Å²) in [7, 11) is 1.54. The van der Waals surface area contributed by atoms with Gasteiger partial charge in [-0.2, -0.15) is 0 Å². The van der Waals surface area contributed by atoms with E-state index < -0.39 is 17.7 Å². The number of fused-ring (bicyclic) bond motifs is 1. The summed E-state index contributed by atoms with van der Waals surface area (Å²) in [4.78, 5) is 29.2. The molecule has 1 atom stereocenters. The molecule has 1 unspecified atom stereocenters. The summed E-state index contributed by atoms with van der Waals surface area (Å²) < 4.78 is 18.3. The van der Waals surface area contributed by atoms with E-state index in [0.717, 1.165) is 40.3 Å². The number of carbonyl (C=O) groups is 2. The topological polar surface area (TPSA) is 111 Å². The largest absolute Gasteiger partial charge is 0.507 e. The average molecular weight is 758 g/mol. The Hall–Kier alpha value is -5.65. The molecular weight excluding hydrogens is 719 g/mol. The maximum Gasteiger partial charge on any atom is 0.301 e. The summed E-state index contributed by atoms with van der Waals surface area (Å²) in [6, 6.07) is 33.5. The number of nitrogens with zero attached hydrogens (tertiary/aromatic N) is 3. The first-order chi connectivity index (χ1) is 26.3. The molecule has 1 aliphatic heterocycles. The molecule has 6 aromatic rings. The Morgan fingerprint density at radius 3 is 2.48 bits per heavy atom. The highest BCUT2D eigenvalue weighted by Gasteiger charge is 2.48. The van der Waals surface area contributed by atoms with Gasteiger partial charge >= 0.3 is 5.91 Å². The second kappa shape index (κ2) is 16.6. The van der Waals surface area contributed by atoms with E-state index in [1.165, 1.54) is 35.1 Å². The monoisotopic (exact) mass is 757 g/mol. The molecule has 0 radical (unpaired) electrons. The summed E-state index contributed by atoms with van der Waals surface area (Å²) in [6.07, 6.45) is 1.84. The van der Waals surface area contributed by atoms with Gasteiger partial charge in [-0.3, -0.25) is 14.5 Å². The van der Waals surface area contributed by atoms with Gasteiger partial charge in [-0.05, 0) is 77.2 Å². The van der Waals surface area contributed by atoms with Crippen molar-refractivity contribution < 1.29 is 28.9 Å². The fourth-order valence-electron chi connectivity index (χ4n) is 6.39. The van der Waals surface area contributed by atoms with E-state index in [9.17, 15) is 14.7 Å². The Morgan fingerprint density at radius 2 is 1.69 bits per heavy atom. The highest BCUT2D eigenvalue weighted by molar-refractivity contribution is 8.00. The lowest BCUT2D eigenvalue weighted by molar-refractivity contribution is -0.132. The maximum atomic E-state index is 14.0. The van der Waals surface area contributed by atoms with Gasteiger partial charge in [-0.15, -0.1) is 10.2 Å². The molecule has 2 heterocycles. The molecule has 54 heavy (non-hydrogen) atoms. The molecule has 0 saturated carbocycles. The number of hydrogen-bond acceptors (Lipinski definition) is 10. The van der Waals surface area contributed by atoms with Gasteiger partial charge < -0.3 is 19.3 Å². The number of ketones is 1. The number of benzene rings is 5. The van der Waals surface area contributed by atoms with Crippen molar-refractivity contribution >= 4 is 56.5 Å². The van der Waals surface area contributed by atoms with Gasteiger partial charge in [-0.1, -0.05) is 115 Å². The lowest BCUT2D eigenvalue weighted by Crippen LogP contribution is -2.29. The number of Topliss-reactive ketones (excluding diaryl/α,β-unsaturated/α-hetero) is 1. The normalized spacial score (nSPS) is 15.2. The number of thioether (sulfide) groups is 1. The van der Waals surface area contributed by atoms with Gasteiger partial charge in [0, 0.05) is 11.3 Å². The van der Waals surface area contributed by atoms with Crippen molar-refractivity contribution in [1.82, 2.24) is 10.2 Å². The number of aryl methyl sites for hydroxylation is 1. The highest BCUT2D eigenvalue weighted by atomic mass is 32.2. The van der Waals surface area contributed by atoms with Crippen LogP contribution in [0.25, 0.3) is 16.5 Å². The van der Waals surface area contributed by atoms with Crippen molar-refractivity contribution in [3.05, 3.63) is 143 Å². The van der Waals surface area contributed by atoms with Crippen molar-refractivity contribution in [2.75, 3.05) is 18.6 Å². The molecule has 5 aromatic carbocycles. The number of ether oxygens (including phenoxy) is 3. The highest BCUT2D eigenvalue weighted by Crippen LogP contribution is 2.46. The number of aromatic nitrogens is 2. The van der Waals surface area contributed by atoms with Crippen LogP contribution in [-0.2, 0) is 21.9 Å². The van der Waals surface area contributed by atoms with Crippen molar-refractivity contribution in [2.45, 2.75) is 49.4 Å². The van der Waals surface area contributed by atoms with Crippen molar-refractivity contribution in [1.29, 1.82) is 0 Å². The lowest BCUT2D eigenvalue weighted by Gasteiger charge is -2.23. The summed E-state index contributed by atoms with van der Waals surface area (Å²) in [5.74, 6) is 0.242. The van der Waals surface area contributed by atoms with Crippen LogP contribution in [0.2, 0.25) is 0 Å². The molecule has 1 N–H and O–H groups in total. The molecule has 1 saturated heterocycles. The third-order valence-electron chi connectivity index (χ3n) is 9.15. The van der Waals surface area contributed by atoms with E-state index in [1.54, 1.807) is 42.5 Å². The van der Waals surface area contributed by atoms with Gasteiger partial charge in [0.15, 0.2) is 15.8 Å². The Labute approximate surface area is 322 Å². The predicted molar refractivity (Wildman–Crippen MR) is 214 cm³/mol. The van der Waals surface area contributed by atoms with Crippen LogP contribution in [0.4, 0.5) is 5.13 Å². The summed E-state index contributed by atoms with van der Waals surface area (Å²) in [6.45, 7) is 5.00. The van der Waals surface area contributed by atoms with Gasteiger partial charge in [-0.25, -0.2) is 0 Å². The molecule has 0 bridgehead atoms. The van der Waals surface area contributed by atoms with Crippen LogP contribution in [0.1, 0.15) is 53.6 Å². The zero-order chi connectivity index (χ0) is 37.6. The Bertz CT molecular complexity index is 2330. The molecule has 1 aliphatic rings. The molecule has 11 heteroatoms. The molecule has 9 nitrogen and oxygen atoms in total. The number of carbonyl (C=O) groups excluding carboxylic acids is 2. The molecule has 1 amide bonds. The van der Waals surface area contributed by atoms with E-state index in [0.29, 0.717) is 51.7 Å². The Balaban J connectivity index is 1.21. The van der Waals surface area contributed by atoms with E-state index in [1.807, 2.05) is 43.3 Å². The number of methoxy groups -OCH3 is 1. The van der Waals surface area contributed by atoms with E-state index in [2.05, 4.69) is 47.5 Å². The molecular formula is C43H39N3O6S2. The fraction of sp³-hybridized carbons (Fsp3) is 0.209. The first-order valence-corrected chi connectivity index (χ1v) is 19.5. The Kier molecular flexibility index (Phi) is 11.3. The molecule has 274 valence electrons. The number of hydrogen-bond donors (Lipinski definition) is 1. The van der Waals surface area contributed by atoms with Gasteiger partial charge in [0.2, 0.25) is 5.13 Å². The summed E-state index contributed by atoms with van der Waals surface area (Å²) in [5.41, 5.74) is 4.14. The van der Waals surface area contributed by atoms with Crippen LogP contribution in [0.3, 0.4) is 0 Å². The van der Waals surface area contributed by atoms with Gasteiger partial charge in [0.25, 0.3) is 5.78 Å².